The molecule has 1 atom stereocenters. The molecule has 1 unspecified atom stereocenters. The lowest BCUT2D eigenvalue weighted by molar-refractivity contribution is 0.289. The number of halogens is 2. The van der Waals surface area contributed by atoms with Crippen LogP contribution in [0.15, 0.2) is 30.5 Å². The van der Waals surface area contributed by atoms with Crippen molar-refractivity contribution in [1.82, 2.24) is 15.0 Å². The lowest BCUT2D eigenvalue weighted by Crippen LogP contribution is -2.08. The van der Waals surface area contributed by atoms with E-state index in [1.807, 2.05) is 25.3 Å². The van der Waals surface area contributed by atoms with Gasteiger partial charge in [0, 0.05) is 11.2 Å². The summed E-state index contributed by atoms with van der Waals surface area (Å²) in [4.78, 5) is 0.212. The molecule has 4 nitrogen and oxygen atoms in total. The predicted octanol–water partition coefficient (Wildman–Crippen LogP) is 3.47. The van der Waals surface area contributed by atoms with Gasteiger partial charge in [0.2, 0.25) is 0 Å². The molecule has 96 valence electrons. The van der Waals surface area contributed by atoms with Gasteiger partial charge in [0.1, 0.15) is 12.4 Å². The van der Waals surface area contributed by atoms with Crippen LogP contribution in [0, 0.1) is 0 Å². The van der Waals surface area contributed by atoms with Gasteiger partial charge in [-0.25, -0.2) is 4.68 Å². The average molecular weight is 331 g/mol. The molecule has 0 saturated carbocycles. The molecular formula is C12H13BrClN3O. The molecule has 0 saturated heterocycles. The summed E-state index contributed by atoms with van der Waals surface area (Å²) in [5.74, 6) is 0.800. The summed E-state index contributed by atoms with van der Waals surface area (Å²) < 4.78 is 7.34. The van der Waals surface area contributed by atoms with Crippen molar-refractivity contribution >= 4 is 27.5 Å². The molecule has 0 amide bonds. The highest BCUT2D eigenvalue weighted by Crippen LogP contribution is 2.18. The largest absolute Gasteiger partial charge is 0.492 e. The molecule has 0 N–H and O–H groups in total. The molecule has 1 heterocycles. The fourth-order valence-electron chi connectivity index (χ4n) is 1.39. The van der Waals surface area contributed by atoms with Gasteiger partial charge in [-0.3, -0.25) is 0 Å². The van der Waals surface area contributed by atoms with Crippen LogP contribution in [0.2, 0.25) is 5.02 Å². The number of alkyl halides is 1. The molecule has 1 aromatic carbocycles. The highest BCUT2D eigenvalue weighted by Gasteiger charge is 2.05. The molecule has 0 radical (unpaired) electrons. The topological polar surface area (TPSA) is 39.9 Å². The van der Waals surface area contributed by atoms with Gasteiger partial charge >= 0.3 is 0 Å². The van der Waals surface area contributed by atoms with Crippen LogP contribution in [0.3, 0.4) is 0 Å². The minimum atomic E-state index is 0.212. The predicted molar refractivity (Wildman–Crippen MR) is 74.3 cm³/mol. The molecule has 0 aliphatic carbocycles. The number of ether oxygens (including phenoxy) is 1. The third-order valence-electron chi connectivity index (χ3n) is 2.37. The van der Waals surface area contributed by atoms with Crippen molar-refractivity contribution < 1.29 is 4.74 Å². The molecule has 0 bridgehead atoms. The standard InChI is InChI=1S/C12H13BrClN3O/c1-9(13)12-8-17(16-15-12)6-7-18-11-4-2-10(14)3-5-11/h2-5,8-9H,6-7H2,1H3. The van der Waals surface area contributed by atoms with Crippen LogP contribution in [0.1, 0.15) is 17.4 Å². The summed E-state index contributed by atoms with van der Waals surface area (Å²) in [7, 11) is 0. The van der Waals surface area contributed by atoms with E-state index < -0.39 is 0 Å². The van der Waals surface area contributed by atoms with Crippen LogP contribution in [0.5, 0.6) is 5.75 Å². The molecule has 0 spiro atoms. The van der Waals surface area contributed by atoms with Gasteiger partial charge in [0.05, 0.1) is 17.1 Å². The van der Waals surface area contributed by atoms with Gasteiger partial charge in [-0.15, -0.1) is 5.10 Å². The van der Waals surface area contributed by atoms with Crippen molar-refractivity contribution in [2.75, 3.05) is 6.61 Å². The Morgan fingerprint density at radius 1 is 1.39 bits per heavy atom. The SMILES string of the molecule is CC(Br)c1cn(CCOc2ccc(Cl)cc2)nn1. The van der Waals surface area contributed by atoms with Gasteiger partial charge in [0.25, 0.3) is 0 Å². The number of nitrogens with zero attached hydrogens (tertiary/aromatic N) is 3. The molecule has 0 aliphatic rings. The third kappa shape index (κ3) is 3.71. The first kappa shape index (κ1) is 13.4. The third-order valence-corrected chi connectivity index (χ3v) is 3.09. The van der Waals surface area contributed by atoms with E-state index in [9.17, 15) is 0 Å². The number of benzene rings is 1. The zero-order valence-corrected chi connectivity index (χ0v) is 12.2. The van der Waals surface area contributed by atoms with Gasteiger partial charge in [-0.05, 0) is 31.2 Å². The Labute approximate surface area is 119 Å². The number of hydrogen-bond donors (Lipinski definition) is 0. The van der Waals surface area contributed by atoms with E-state index in [0.29, 0.717) is 18.2 Å². The van der Waals surface area contributed by atoms with E-state index in [-0.39, 0.29) is 4.83 Å². The van der Waals surface area contributed by atoms with Crippen molar-refractivity contribution in [1.29, 1.82) is 0 Å². The normalized spacial score (nSPS) is 12.4. The minimum absolute atomic E-state index is 0.212. The van der Waals surface area contributed by atoms with Gasteiger partial charge in [-0.2, -0.15) is 0 Å². The Morgan fingerprint density at radius 2 is 2.11 bits per heavy atom. The van der Waals surface area contributed by atoms with Crippen LogP contribution >= 0.6 is 27.5 Å². The maximum Gasteiger partial charge on any atom is 0.119 e. The summed E-state index contributed by atoms with van der Waals surface area (Å²) in [6.45, 7) is 3.22. The summed E-state index contributed by atoms with van der Waals surface area (Å²) in [5.41, 5.74) is 0.918. The second kappa shape index (κ2) is 6.20. The fraction of sp³-hybridized carbons (Fsp3) is 0.333. The Bertz CT molecular complexity index is 498. The molecule has 2 aromatic rings. The van der Waals surface area contributed by atoms with Crippen molar-refractivity contribution in [2.24, 2.45) is 0 Å². The molecule has 6 heteroatoms. The van der Waals surface area contributed by atoms with E-state index in [2.05, 4.69) is 26.2 Å². The lowest BCUT2D eigenvalue weighted by atomic mass is 10.3. The van der Waals surface area contributed by atoms with E-state index in [4.69, 9.17) is 16.3 Å². The summed E-state index contributed by atoms with van der Waals surface area (Å²) in [6, 6.07) is 7.29. The van der Waals surface area contributed by atoms with E-state index in [0.717, 1.165) is 11.4 Å². The van der Waals surface area contributed by atoms with Crippen LogP contribution in [0.25, 0.3) is 0 Å². The highest BCUT2D eigenvalue weighted by atomic mass is 79.9. The van der Waals surface area contributed by atoms with Gasteiger partial charge in [-0.1, -0.05) is 32.7 Å². The summed E-state index contributed by atoms with van der Waals surface area (Å²) >= 11 is 9.24. The maximum absolute atomic E-state index is 5.79. The average Bonchev–Trinajstić information content (AvgIpc) is 2.81. The second-order valence-electron chi connectivity index (χ2n) is 3.82. The zero-order valence-electron chi connectivity index (χ0n) is 9.88. The van der Waals surface area contributed by atoms with Gasteiger partial charge < -0.3 is 4.74 Å². The van der Waals surface area contributed by atoms with E-state index in [1.165, 1.54) is 0 Å². The number of rotatable bonds is 5. The van der Waals surface area contributed by atoms with Crippen molar-refractivity contribution in [3.8, 4) is 5.75 Å². The smallest absolute Gasteiger partial charge is 0.119 e. The fourth-order valence-corrected chi connectivity index (χ4v) is 1.73. The molecule has 2 rings (SSSR count). The van der Waals surface area contributed by atoms with Crippen molar-refractivity contribution in [3.63, 3.8) is 0 Å². The van der Waals surface area contributed by atoms with Crippen LogP contribution in [-0.2, 0) is 6.54 Å². The number of hydrogen-bond acceptors (Lipinski definition) is 3. The molecule has 0 aliphatic heterocycles. The van der Waals surface area contributed by atoms with E-state index >= 15 is 0 Å². The van der Waals surface area contributed by atoms with E-state index in [1.54, 1.807) is 16.8 Å². The monoisotopic (exact) mass is 329 g/mol. The first-order chi connectivity index (χ1) is 8.65. The Kier molecular flexibility index (Phi) is 4.60. The molecular weight excluding hydrogens is 318 g/mol. The zero-order chi connectivity index (χ0) is 13.0. The van der Waals surface area contributed by atoms with Crippen molar-refractivity contribution in [2.45, 2.75) is 18.3 Å². The summed E-state index contributed by atoms with van der Waals surface area (Å²) in [6.07, 6.45) is 1.91. The van der Waals surface area contributed by atoms with Crippen LogP contribution < -0.4 is 4.74 Å². The molecule has 0 fully saturated rings. The Morgan fingerprint density at radius 3 is 2.72 bits per heavy atom. The lowest BCUT2D eigenvalue weighted by Gasteiger charge is -2.05. The van der Waals surface area contributed by atoms with Crippen LogP contribution in [-0.4, -0.2) is 21.6 Å². The second-order valence-corrected chi connectivity index (χ2v) is 5.63. The highest BCUT2D eigenvalue weighted by molar-refractivity contribution is 9.09. The van der Waals surface area contributed by atoms with Gasteiger partial charge in [0.15, 0.2) is 0 Å². The molecule has 18 heavy (non-hydrogen) atoms. The quantitative estimate of drug-likeness (QED) is 0.788. The Hall–Kier alpha value is -1.07. The summed E-state index contributed by atoms with van der Waals surface area (Å²) in [5, 5.41) is 8.77. The van der Waals surface area contributed by atoms with Crippen LogP contribution in [0.4, 0.5) is 0 Å². The molecule has 1 aromatic heterocycles. The number of aromatic nitrogens is 3. The van der Waals surface area contributed by atoms with Crippen molar-refractivity contribution in [3.05, 3.63) is 41.2 Å². The first-order valence-electron chi connectivity index (χ1n) is 5.57. The first-order valence-corrected chi connectivity index (χ1v) is 6.87. The Balaban J connectivity index is 1.82. The minimum Gasteiger partial charge on any atom is -0.492 e. The maximum atomic E-state index is 5.79.